The number of aromatic nitrogens is 1. The number of anilines is 1. The summed E-state index contributed by atoms with van der Waals surface area (Å²) < 4.78 is 0. The molecule has 1 aromatic carbocycles. The van der Waals surface area contributed by atoms with Crippen LogP contribution in [-0.2, 0) is 5.41 Å². The zero-order chi connectivity index (χ0) is 19.8. The SMILES string of the molecule is Cc1cncc(C(=O)N2[C@H](C)CN(c3ccc(C(C)(C)C)cc3)C[C@@H]2C)c1. The first-order valence-electron chi connectivity index (χ1n) is 9.76. The third-order valence-corrected chi connectivity index (χ3v) is 5.37. The Kier molecular flexibility index (Phi) is 5.27. The Morgan fingerprint density at radius 1 is 1.04 bits per heavy atom. The molecular formula is C23H31N3O. The number of amides is 1. The van der Waals surface area contributed by atoms with E-state index in [1.54, 1.807) is 12.4 Å². The average molecular weight is 366 g/mol. The fourth-order valence-corrected chi connectivity index (χ4v) is 3.93. The fraction of sp³-hybridized carbons (Fsp3) is 0.478. The number of carbonyl (C=O) groups excluding carboxylic acids is 1. The van der Waals surface area contributed by atoms with Crippen LogP contribution in [0.25, 0.3) is 0 Å². The number of aryl methyl sites for hydroxylation is 1. The van der Waals surface area contributed by atoms with Crippen molar-refractivity contribution in [3.05, 3.63) is 59.4 Å². The van der Waals surface area contributed by atoms with Crippen LogP contribution in [0.15, 0.2) is 42.7 Å². The third-order valence-electron chi connectivity index (χ3n) is 5.37. The van der Waals surface area contributed by atoms with Gasteiger partial charge >= 0.3 is 0 Å². The Labute approximate surface area is 163 Å². The Hall–Kier alpha value is -2.36. The number of carbonyl (C=O) groups is 1. The van der Waals surface area contributed by atoms with E-state index in [-0.39, 0.29) is 23.4 Å². The molecule has 0 spiro atoms. The molecule has 2 atom stereocenters. The van der Waals surface area contributed by atoms with Gasteiger partial charge in [-0.2, -0.15) is 0 Å². The second kappa shape index (κ2) is 7.34. The van der Waals surface area contributed by atoms with E-state index in [1.165, 1.54) is 11.3 Å². The van der Waals surface area contributed by atoms with Gasteiger partial charge in [-0.1, -0.05) is 32.9 Å². The summed E-state index contributed by atoms with van der Waals surface area (Å²) in [5.41, 5.74) is 4.42. The smallest absolute Gasteiger partial charge is 0.256 e. The molecule has 4 nitrogen and oxygen atoms in total. The summed E-state index contributed by atoms with van der Waals surface area (Å²) in [5.74, 6) is 0.0777. The van der Waals surface area contributed by atoms with Gasteiger partial charge in [-0.15, -0.1) is 0 Å². The fourth-order valence-electron chi connectivity index (χ4n) is 3.93. The van der Waals surface area contributed by atoms with Crippen molar-refractivity contribution < 1.29 is 4.79 Å². The molecule has 144 valence electrons. The highest BCUT2D eigenvalue weighted by atomic mass is 16.2. The maximum absolute atomic E-state index is 13.0. The summed E-state index contributed by atoms with van der Waals surface area (Å²) in [5, 5.41) is 0. The van der Waals surface area contributed by atoms with Gasteiger partial charge in [-0.05, 0) is 55.5 Å². The summed E-state index contributed by atoms with van der Waals surface area (Å²) in [7, 11) is 0. The topological polar surface area (TPSA) is 36.4 Å². The molecule has 0 saturated carbocycles. The van der Waals surface area contributed by atoms with Crippen LogP contribution in [0.2, 0.25) is 0 Å². The van der Waals surface area contributed by atoms with Crippen LogP contribution in [0, 0.1) is 6.92 Å². The van der Waals surface area contributed by atoms with Crippen molar-refractivity contribution in [1.29, 1.82) is 0 Å². The lowest BCUT2D eigenvalue weighted by Gasteiger charge is -2.45. The van der Waals surface area contributed by atoms with Crippen molar-refractivity contribution in [2.75, 3.05) is 18.0 Å². The number of rotatable bonds is 2. The zero-order valence-electron chi connectivity index (χ0n) is 17.4. The number of hydrogen-bond donors (Lipinski definition) is 0. The van der Waals surface area contributed by atoms with Crippen molar-refractivity contribution >= 4 is 11.6 Å². The quantitative estimate of drug-likeness (QED) is 0.790. The van der Waals surface area contributed by atoms with Gasteiger partial charge in [0.2, 0.25) is 0 Å². The normalized spacial score (nSPS) is 20.7. The molecule has 0 radical (unpaired) electrons. The highest BCUT2D eigenvalue weighted by Crippen LogP contribution is 2.28. The number of benzene rings is 1. The van der Waals surface area contributed by atoms with Crippen molar-refractivity contribution in [3.8, 4) is 0 Å². The van der Waals surface area contributed by atoms with Gasteiger partial charge in [0.1, 0.15) is 0 Å². The standard InChI is InChI=1S/C23H31N3O/c1-16-11-19(13-24-12-16)22(27)26-17(2)14-25(15-18(26)3)21-9-7-20(8-10-21)23(4,5)6/h7-13,17-18H,14-15H2,1-6H3/t17-,18+. The van der Waals surface area contributed by atoms with Gasteiger partial charge in [0.05, 0.1) is 5.56 Å². The third kappa shape index (κ3) is 4.15. The maximum Gasteiger partial charge on any atom is 0.256 e. The molecule has 0 unspecified atom stereocenters. The summed E-state index contributed by atoms with van der Waals surface area (Å²) in [6.07, 6.45) is 3.45. The highest BCUT2D eigenvalue weighted by molar-refractivity contribution is 5.94. The predicted octanol–water partition coefficient (Wildman–Crippen LogP) is 4.43. The first-order chi connectivity index (χ1) is 12.7. The van der Waals surface area contributed by atoms with Crippen LogP contribution in [0.5, 0.6) is 0 Å². The first-order valence-corrected chi connectivity index (χ1v) is 9.76. The lowest BCUT2D eigenvalue weighted by atomic mass is 9.87. The molecule has 27 heavy (non-hydrogen) atoms. The van der Waals surface area contributed by atoms with Crippen molar-refractivity contribution in [3.63, 3.8) is 0 Å². The van der Waals surface area contributed by atoms with E-state index in [1.807, 2.05) is 17.9 Å². The van der Waals surface area contributed by atoms with Crippen LogP contribution in [0.4, 0.5) is 5.69 Å². The summed E-state index contributed by atoms with van der Waals surface area (Å²) in [6.45, 7) is 14.6. The van der Waals surface area contributed by atoms with Crippen LogP contribution in [0.1, 0.15) is 56.1 Å². The van der Waals surface area contributed by atoms with E-state index in [2.05, 4.69) is 68.8 Å². The Balaban J connectivity index is 1.76. The van der Waals surface area contributed by atoms with Crippen LogP contribution < -0.4 is 4.90 Å². The first kappa shape index (κ1) is 19.4. The minimum Gasteiger partial charge on any atom is -0.367 e. The van der Waals surface area contributed by atoms with E-state index in [0.29, 0.717) is 5.56 Å². The molecule has 2 aromatic rings. The van der Waals surface area contributed by atoms with Crippen molar-refractivity contribution in [2.45, 2.75) is 59.0 Å². The molecule has 0 bridgehead atoms. The van der Waals surface area contributed by atoms with Gasteiger partial charge in [0.15, 0.2) is 0 Å². The molecule has 1 aliphatic heterocycles. The van der Waals surface area contributed by atoms with E-state index in [4.69, 9.17) is 0 Å². The summed E-state index contributed by atoms with van der Waals surface area (Å²) >= 11 is 0. The molecule has 3 rings (SSSR count). The van der Waals surface area contributed by atoms with E-state index >= 15 is 0 Å². The van der Waals surface area contributed by atoms with Crippen LogP contribution >= 0.6 is 0 Å². The van der Waals surface area contributed by atoms with E-state index < -0.39 is 0 Å². The molecule has 0 N–H and O–H groups in total. The molecule has 2 heterocycles. The van der Waals surface area contributed by atoms with Gasteiger partial charge < -0.3 is 9.80 Å². The maximum atomic E-state index is 13.0. The van der Waals surface area contributed by atoms with Crippen molar-refractivity contribution in [1.82, 2.24) is 9.88 Å². The van der Waals surface area contributed by atoms with E-state index in [0.717, 1.165) is 18.7 Å². The number of nitrogens with zero attached hydrogens (tertiary/aromatic N) is 3. The molecule has 1 amide bonds. The second-order valence-corrected chi connectivity index (χ2v) is 8.86. The molecule has 1 aliphatic rings. The van der Waals surface area contributed by atoms with Gasteiger partial charge in [0.25, 0.3) is 5.91 Å². The highest BCUT2D eigenvalue weighted by Gasteiger charge is 2.33. The minimum absolute atomic E-state index is 0.0777. The molecule has 0 aliphatic carbocycles. The van der Waals surface area contributed by atoms with Crippen LogP contribution in [-0.4, -0.2) is 41.0 Å². The number of hydrogen-bond acceptors (Lipinski definition) is 3. The Morgan fingerprint density at radius 3 is 2.15 bits per heavy atom. The van der Waals surface area contributed by atoms with Crippen molar-refractivity contribution in [2.24, 2.45) is 0 Å². The number of pyridine rings is 1. The van der Waals surface area contributed by atoms with Gasteiger partial charge in [-0.25, -0.2) is 0 Å². The molecule has 1 saturated heterocycles. The van der Waals surface area contributed by atoms with Gasteiger partial charge in [-0.3, -0.25) is 9.78 Å². The number of piperazine rings is 1. The predicted molar refractivity (Wildman–Crippen MR) is 111 cm³/mol. The largest absolute Gasteiger partial charge is 0.367 e. The van der Waals surface area contributed by atoms with E-state index in [9.17, 15) is 4.79 Å². The Bertz CT molecular complexity index is 795. The summed E-state index contributed by atoms with van der Waals surface area (Å²) in [4.78, 5) is 21.6. The summed E-state index contributed by atoms with van der Waals surface area (Å²) in [6, 6.07) is 11.1. The molecule has 4 heteroatoms. The Morgan fingerprint density at radius 2 is 1.63 bits per heavy atom. The average Bonchev–Trinajstić information content (AvgIpc) is 2.60. The molecular weight excluding hydrogens is 334 g/mol. The molecule has 1 aromatic heterocycles. The van der Waals surface area contributed by atoms with Gasteiger partial charge in [0, 0.05) is 43.3 Å². The minimum atomic E-state index is 0.0777. The zero-order valence-corrected chi connectivity index (χ0v) is 17.4. The second-order valence-electron chi connectivity index (χ2n) is 8.86. The lowest BCUT2D eigenvalue weighted by molar-refractivity contribution is 0.0574. The monoisotopic (exact) mass is 365 g/mol. The lowest BCUT2D eigenvalue weighted by Crippen LogP contribution is -2.58. The molecule has 1 fully saturated rings. The van der Waals surface area contributed by atoms with Crippen LogP contribution in [0.3, 0.4) is 0 Å².